The third-order valence-electron chi connectivity index (χ3n) is 4.73. The third kappa shape index (κ3) is 5.73. The Morgan fingerprint density at radius 3 is 2.44 bits per heavy atom. The van der Waals surface area contributed by atoms with Gasteiger partial charge in [-0.05, 0) is 49.8 Å². The van der Waals surface area contributed by atoms with Crippen LogP contribution in [0.3, 0.4) is 0 Å². The maximum absolute atomic E-state index is 13.0. The summed E-state index contributed by atoms with van der Waals surface area (Å²) in [6.07, 6.45) is 5.60. The lowest BCUT2D eigenvalue weighted by Crippen LogP contribution is -2.38. The number of nitrogens with one attached hydrogen (secondary N) is 1. The molecule has 2 rings (SSSR count). The Balaban J connectivity index is 1.98. The van der Waals surface area contributed by atoms with Crippen LogP contribution in [0.2, 0.25) is 0 Å². The van der Waals surface area contributed by atoms with Crippen LogP contribution in [0.5, 0.6) is 0 Å². The van der Waals surface area contributed by atoms with E-state index in [0.29, 0.717) is 23.9 Å². The molecule has 2 amide bonds. The van der Waals surface area contributed by atoms with E-state index in [-0.39, 0.29) is 24.1 Å². The number of carbonyl (C=O) groups is 2. The van der Waals surface area contributed by atoms with Gasteiger partial charge in [0.15, 0.2) is 5.11 Å². The first-order valence-electron chi connectivity index (χ1n) is 9.65. The fourth-order valence-electron chi connectivity index (χ4n) is 3.24. The lowest BCUT2D eigenvalue weighted by Gasteiger charge is -2.23. The van der Waals surface area contributed by atoms with Crippen molar-refractivity contribution in [1.29, 1.82) is 0 Å². The molecule has 1 heterocycles. The summed E-state index contributed by atoms with van der Waals surface area (Å²) >= 11 is 5.47. The Hall–Kier alpha value is -2.02. The van der Waals surface area contributed by atoms with Crippen molar-refractivity contribution in [3.63, 3.8) is 0 Å². The molecule has 148 valence electrons. The van der Waals surface area contributed by atoms with E-state index in [1.165, 1.54) is 37.1 Å². The zero-order valence-electron chi connectivity index (χ0n) is 16.0. The van der Waals surface area contributed by atoms with Crippen LogP contribution >= 0.6 is 12.2 Å². The van der Waals surface area contributed by atoms with Gasteiger partial charge in [-0.15, -0.1) is 0 Å². The standard InChI is InChI=1S/C20H28FN3O2S/c1-3-5-6-7-8-13-24-17(19(26)23(4-2)20(24)27)14-18(25)22-16-11-9-15(21)10-12-16/h9-12,17H,3-8,13-14H2,1-2H3,(H,22,25). The first kappa shape index (κ1) is 21.3. The first-order chi connectivity index (χ1) is 13.0. The molecule has 1 fully saturated rings. The Morgan fingerprint density at radius 2 is 1.81 bits per heavy atom. The predicted molar refractivity (Wildman–Crippen MR) is 109 cm³/mol. The SMILES string of the molecule is CCCCCCCN1C(=S)N(CC)C(=O)C1CC(=O)Nc1ccc(F)cc1. The van der Waals surface area contributed by atoms with E-state index in [9.17, 15) is 14.0 Å². The van der Waals surface area contributed by atoms with Gasteiger partial charge in [-0.3, -0.25) is 14.5 Å². The van der Waals surface area contributed by atoms with Crippen molar-refractivity contribution in [3.05, 3.63) is 30.1 Å². The van der Waals surface area contributed by atoms with Crippen LogP contribution in [0.1, 0.15) is 52.4 Å². The molecule has 1 aliphatic heterocycles. The zero-order valence-corrected chi connectivity index (χ0v) is 16.9. The Labute approximate surface area is 165 Å². The number of hydrogen-bond donors (Lipinski definition) is 1. The summed E-state index contributed by atoms with van der Waals surface area (Å²) in [5.74, 6) is -0.765. The second-order valence-corrected chi connectivity index (χ2v) is 7.11. The molecule has 0 aromatic heterocycles. The van der Waals surface area contributed by atoms with Crippen molar-refractivity contribution in [2.24, 2.45) is 0 Å². The predicted octanol–water partition coefficient (Wildman–Crippen LogP) is 3.94. The van der Waals surface area contributed by atoms with Crippen LogP contribution < -0.4 is 5.32 Å². The van der Waals surface area contributed by atoms with Gasteiger partial charge in [-0.1, -0.05) is 32.6 Å². The number of halogens is 1. The summed E-state index contributed by atoms with van der Waals surface area (Å²) in [6, 6.07) is 5.00. The van der Waals surface area contributed by atoms with Crippen LogP contribution in [0.15, 0.2) is 24.3 Å². The molecular weight excluding hydrogens is 365 g/mol. The molecule has 1 atom stereocenters. The van der Waals surface area contributed by atoms with Gasteiger partial charge in [-0.2, -0.15) is 0 Å². The molecule has 0 bridgehead atoms. The summed E-state index contributed by atoms with van der Waals surface area (Å²) in [5, 5.41) is 3.23. The van der Waals surface area contributed by atoms with E-state index in [0.717, 1.165) is 19.3 Å². The minimum atomic E-state index is -0.566. The molecule has 0 radical (unpaired) electrons. The van der Waals surface area contributed by atoms with E-state index < -0.39 is 6.04 Å². The quantitative estimate of drug-likeness (QED) is 0.483. The largest absolute Gasteiger partial charge is 0.336 e. The molecule has 7 heteroatoms. The van der Waals surface area contributed by atoms with Gasteiger partial charge < -0.3 is 10.2 Å². The third-order valence-corrected chi connectivity index (χ3v) is 5.18. The number of unbranched alkanes of at least 4 members (excludes halogenated alkanes) is 4. The van der Waals surface area contributed by atoms with Crippen molar-refractivity contribution in [3.8, 4) is 0 Å². The van der Waals surface area contributed by atoms with Crippen LogP contribution in [-0.4, -0.2) is 45.9 Å². The van der Waals surface area contributed by atoms with Crippen LogP contribution in [0.4, 0.5) is 10.1 Å². The van der Waals surface area contributed by atoms with Crippen molar-refractivity contribution >= 4 is 34.8 Å². The molecule has 0 aliphatic carbocycles. The average molecular weight is 394 g/mol. The molecule has 0 spiro atoms. The average Bonchev–Trinajstić information content (AvgIpc) is 2.86. The van der Waals surface area contributed by atoms with Gasteiger partial charge in [0.25, 0.3) is 5.91 Å². The molecule has 1 aromatic carbocycles. The highest BCUT2D eigenvalue weighted by Crippen LogP contribution is 2.22. The van der Waals surface area contributed by atoms with E-state index in [1.54, 1.807) is 4.90 Å². The topological polar surface area (TPSA) is 52.7 Å². The summed E-state index contributed by atoms with van der Waals surface area (Å²) < 4.78 is 13.0. The molecule has 1 aromatic rings. The number of rotatable bonds is 10. The minimum absolute atomic E-state index is 0.0296. The highest BCUT2D eigenvalue weighted by atomic mass is 32.1. The summed E-state index contributed by atoms with van der Waals surface area (Å²) in [4.78, 5) is 28.6. The zero-order chi connectivity index (χ0) is 19.8. The highest BCUT2D eigenvalue weighted by molar-refractivity contribution is 7.80. The van der Waals surface area contributed by atoms with Crippen molar-refractivity contribution in [2.45, 2.75) is 58.4 Å². The Morgan fingerprint density at radius 1 is 1.15 bits per heavy atom. The second kappa shape index (κ2) is 10.3. The number of hydrogen-bond acceptors (Lipinski definition) is 3. The molecule has 1 unspecified atom stereocenters. The summed E-state index contributed by atoms with van der Waals surface area (Å²) in [6.45, 7) is 5.23. The van der Waals surface area contributed by atoms with Gasteiger partial charge in [0, 0.05) is 18.8 Å². The smallest absolute Gasteiger partial charge is 0.252 e. The molecule has 1 N–H and O–H groups in total. The minimum Gasteiger partial charge on any atom is -0.336 e. The van der Waals surface area contributed by atoms with Gasteiger partial charge in [-0.25, -0.2) is 4.39 Å². The summed E-state index contributed by atoms with van der Waals surface area (Å²) in [5.41, 5.74) is 0.507. The van der Waals surface area contributed by atoms with Crippen LogP contribution in [-0.2, 0) is 9.59 Å². The molecule has 27 heavy (non-hydrogen) atoms. The van der Waals surface area contributed by atoms with Crippen molar-refractivity contribution in [1.82, 2.24) is 9.80 Å². The van der Waals surface area contributed by atoms with Crippen molar-refractivity contribution in [2.75, 3.05) is 18.4 Å². The molecule has 1 aliphatic rings. The number of anilines is 1. The van der Waals surface area contributed by atoms with Gasteiger partial charge in [0.05, 0.1) is 6.42 Å². The number of nitrogens with zero attached hydrogens (tertiary/aromatic N) is 2. The van der Waals surface area contributed by atoms with E-state index >= 15 is 0 Å². The van der Waals surface area contributed by atoms with Gasteiger partial charge >= 0.3 is 0 Å². The molecular formula is C20H28FN3O2S. The number of benzene rings is 1. The van der Waals surface area contributed by atoms with Crippen LogP contribution in [0.25, 0.3) is 0 Å². The normalized spacial score (nSPS) is 16.9. The number of carbonyl (C=O) groups excluding carboxylic acids is 2. The number of amides is 2. The molecule has 1 saturated heterocycles. The fourth-order valence-corrected chi connectivity index (χ4v) is 3.68. The van der Waals surface area contributed by atoms with E-state index in [4.69, 9.17) is 12.2 Å². The van der Waals surface area contributed by atoms with Gasteiger partial charge in [0.1, 0.15) is 11.9 Å². The second-order valence-electron chi connectivity index (χ2n) is 6.75. The molecule has 0 saturated carbocycles. The Kier molecular flexibility index (Phi) is 8.16. The maximum atomic E-state index is 13.0. The monoisotopic (exact) mass is 393 g/mol. The van der Waals surface area contributed by atoms with Crippen molar-refractivity contribution < 1.29 is 14.0 Å². The van der Waals surface area contributed by atoms with Gasteiger partial charge in [0.2, 0.25) is 5.91 Å². The van der Waals surface area contributed by atoms with E-state index in [1.807, 2.05) is 11.8 Å². The lowest BCUT2D eigenvalue weighted by atomic mass is 10.1. The summed E-state index contributed by atoms with van der Waals surface area (Å²) in [7, 11) is 0. The van der Waals surface area contributed by atoms with Crippen LogP contribution in [0, 0.1) is 5.82 Å². The molecule has 5 nitrogen and oxygen atoms in total. The Bertz CT molecular complexity index is 666. The first-order valence-corrected chi connectivity index (χ1v) is 10.1. The number of thiocarbonyl (C=S) groups is 1. The fraction of sp³-hybridized carbons (Fsp3) is 0.550. The highest BCUT2D eigenvalue weighted by Gasteiger charge is 2.42. The number of likely N-dealkylation sites (N-methyl/N-ethyl adjacent to an activating group) is 1. The maximum Gasteiger partial charge on any atom is 0.252 e. The lowest BCUT2D eigenvalue weighted by molar-refractivity contribution is -0.130. The van der Waals surface area contributed by atoms with E-state index in [2.05, 4.69) is 12.2 Å².